The highest BCUT2D eigenvalue weighted by atomic mass is 35.5. The minimum atomic E-state index is -1.66. The van der Waals surface area contributed by atoms with Gasteiger partial charge in [0.1, 0.15) is 0 Å². The zero-order valence-corrected chi connectivity index (χ0v) is 17.4. The van der Waals surface area contributed by atoms with Crippen molar-refractivity contribution in [2.24, 2.45) is 16.5 Å². The average molecular weight is 421 g/mol. The first-order valence-corrected chi connectivity index (χ1v) is 10.6. The number of nitrogens with zero attached hydrogens (tertiary/aromatic N) is 1. The molecule has 0 aromatic heterocycles. The van der Waals surface area contributed by atoms with Crippen LogP contribution in [0.1, 0.15) is 67.3 Å². The van der Waals surface area contributed by atoms with Crippen LogP contribution in [0.4, 0.5) is 0 Å². The van der Waals surface area contributed by atoms with Crippen molar-refractivity contribution in [3.8, 4) is 0 Å². The van der Waals surface area contributed by atoms with Crippen LogP contribution in [-0.4, -0.2) is 46.4 Å². The van der Waals surface area contributed by atoms with Crippen LogP contribution in [0.15, 0.2) is 29.3 Å². The maximum absolute atomic E-state index is 12.6. The minimum Gasteiger partial charge on any atom is -0.426 e. The van der Waals surface area contributed by atoms with E-state index in [2.05, 4.69) is 10.3 Å². The number of nitrogens with one attached hydrogen (secondary N) is 1. The van der Waals surface area contributed by atoms with Crippen LogP contribution < -0.4 is 16.8 Å². The van der Waals surface area contributed by atoms with Gasteiger partial charge in [0.2, 0.25) is 0 Å². The van der Waals surface area contributed by atoms with E-state index in [9.17, 15) is 14.8 Å². The second-order valence-corrected chi connectivity index (χ2v) is 9.25. The number of alkyl halides is 1. The lowest BCUT2D eigenvalue weighted by Gasteiger charge is -2.51. The maximum Gasteiger partial charge on any atom is 0.475 e. The van der Waals surface area contributed by atoms with Gasteiger partial charge in [-0.3, -0.25) is 9.79 Å². The summed E-state index contributed by atoms with van der Waals surface area (Å²) in [5, 5.41) is 21.8. The third kappa shape index (κ3) is 5.24. The second-order valence-electron chi connectivity index (χ2n) is 8.45. The van der Waals surface area contributed by atoms with Crippen LogP contribution in [0.3, 0.4) is 0 Å². The lowest BCUT2D eigenvalue weighted by molar-refractivity contribution is 0.0940. The molecule has 1 aromatic carbocycles. The summed E-state index contributed by atoms with van der Waals surface area (Å²) in [6, 6.07) is 7.70. The molecule has 3 aliphatic rings. The van der Waals surface area contributed by atoms with Crippen LogP contribution in [-0.2, 0) is 5.41 Å². The Balaban J connectivity index is 1.60. The second kappa shape index (κ2) is 8.94. The van der Waals surface area contributed by atoms with Crippen molar-refractivity contribution in [1.82, 2.24) is 5.32 Å². The highest BCUT2D eigenvalue weighted by Gasteiger charge is 2.48. The topological polar surface area (TPSA) is 134 Å². The van der Waals surface area contributed by atoms with Gasteiger partial charge in [0, 0.05) is 17.0 Å². The van der Waals surface area contributed by atoms with Gasteiger partial charge >= 0.3 is 7.12 Å². The van der Waals surface area contributed by atoms with Crippen molar-refractivity contribution in [3.63, 3.8) is 0 Å². The number of hydrogen-bond acceptors (Lipinski definition) is 4. The molecule has 0 saturated heterocycles. The molecule has 158 valence electrons. The number of fused-ring (bicyclic) bond motifs is 3. The molecule has 0 spiro atoms. The Hall–Kier alpha value is -1.77. The quantitative estimate of drug-likeness (QED) is 0.143. The van der Waals surface area contributed by atoms with Gasteiger partial charge in [-0.25, -0.2) is 0 Å². The van der Waals surface area contributed by atoms with E-state index in [1.165, 1.54) is 5.56 Å². The van der Waals surface area contributed by atoms with Gasteiger partial charge in [-0.1, -0.05) is 12.1 Å². The predicted molar refractivity (Wildman–Crippen MR) is 116 cm³/mol. The summed E-state index contributed by atoms with van der Waals surface area (Å²) in [7, 11) is -1.66. The number of amides is 1. The number of hydrogen-bond donors (Lipinski definition) is 5. The number of aliphatic imine (C=N–C) groups is 1. The van der Waals surface area contributed by atoms with Crippen LogP contribution in [0.25, 0.3) is 0 Å². The smallest absolute Gasteiger partial charge is 0.426 e. The Morgan fingerprint density at radius 1 is 1.14 bits per heavy atom. The van der Waals surface area contributed by atoms with Crippen LogP contribution in [0, 0.1) is 0 Å². The molecule has 3 saturated carbocycles. The summed E-state index contributed by atoms with van der Waals surface area (Å²) in [4.78, 5) is 16.4. The van der Waals surface area contributed by atoms with Gasteiger partial charge in [0.15, 0.2) is 5.96 Å². The van der Waals surface area contributed by atoms with E-state index >= 15 is 0 Å². The minimum absolute atomic E-state index is 0.00288. The number of carbonyl (C=O) groups is 1. The molecule has 29 heavy (non-hydrogen) atoms. The summed E-state index contributed by atoms with van der Waals surface area (Å²) in [6.45, 7) is 0.363. The largest absolute Gasteiger partial charge is 0.475 e. The number of rotatable bonds is 8. The molecule has 0 aliphatic heterocycles. The first-order valence-electron chi connectivity index (χ1n) is 10.2. The Kier molecular flexibility index (Phi) is 6.76. The SMILES string of the molecule is NC(N)=NCCCC(NC(=O)c1ccc(C23CCC(Cl)(CC2)CC3)cc1)B(O)O. The number of benzene rings is 1. The van der Waals surface area contributed by atoms with Crippen molar-refractivity contribution in [3.05, 3.63) is 35.4 Å². The molecule has 1 atom stereocenters. The standard InChI is InChI=1S/C20H30BClN4O3/c22-20-10-7-19(8-11-20,9-12-20)15-5-3-14(4-6-15)17(27)26-16(21(28)29)2-1-13-25-18(23)24/h3-6,16,28-29H,1-2,7-13H2,(H,26,27)(H4,23,24,25). The molecule has 4 rings (SSSR count). The number of guanidine groups is 1. The molecule has 7 N–H and O–H groups in total. The molecular weight excluding hydrogens is 391 g/mol. The molecular formula is C20H30BClN4O3. The van der Waals surface area contributed by atoms with E-state index in [1.807, 2.05) is 24.3 Å². The van der Waals surface area contributed by atoms with Crippen molar-refractivity contribution >= 4 is 30.6 Å². The molecule has 1 unspecified atom stereocenters. The summed E-state index contributed by atoms with van der Waals surface area (Å²) >= 11 is 6.64. The van der Waals surface area contributed by atoms with Crippen molar-refractivity contribution in [2.75, 3.05) is 6.54 Å². The Bertz CT molecular complexity index is 728. The van der Waals surface area contributed by atoms with E-state index in [-0.39, 0.29) is 22.2 Å². The van der Waals surface area contributed by atoms with Gasteiger partial charge in [-0.05, 0) is 74.5 Å². The maximum atomic E-state index is 12.6. The van der Waals surface area contributed by atoms with E-state index < -0.39 is 13.1 Å². The third-order valence-corrected chi connectivity index (χ3v) is 7.13. The highest BCUT2D eigenvalue weighted by molar-refractivity contribution is 6.43. The fourth-order valence-corrected chi connectivity index (χ4v) is 4.90. The van der Waals surface area contributed by atoms with Gasteiger partial charge in [0.05, 0.1) is 5.94 Å². The van der Waals surface area contributed by atoms with Gasteiger partial charge in [0.25, 0.3) is 5.91 Å². The van der Waals surface area contributed by atoms with Gasteiger partial charge in [-0.15, -0.1) is 11.6 Å². The van der Waals surface area contributed by atoms with Crippen LogP contribution in [0.2, 0.25) is 0 Å². The summed E-state index contributed by atoms with van der Waals surface area (Å²) in [5.41, 5.74) is 12.5. The number of nitrogens with two attached hydrogens (primary N) is 2. The molecule has 1 aromatic rings. The van der Waals surface area contributed by atoms with Crippen molar-refractivity contribution in [1.29, 1.82) is 0 Å². The van der Waals surface area contributed by atoms with Gasteiger partial charge < -0.3 is 26.8 Å². The van der Waals surface area contributed by atoms with Crippen LogP contribution >= 0.6 is 11.6 Å². The normalized spacial score (nSPS) is 26.6. The zero-order valence-electron chi connectivity index (χ0n) is 16.6. The lowest BCUT2D eigenvalue weighted by atomic mass is 9.57. The molecule has 1 amide bonds. The van der Waals surface area contributed by atoms with Crippen molar-refractivity contribution < 1.29 is 14.8 Å². The van der Waals surface area contributed by atoms with Crippen molar-refractivity contribution in [2.45, 2.75) is 67.6 Å². The van der Waals surface area contributed by atoms with E-state index in [0.29, 0.717) is 24.9 Å². The van der Waals surface area contributed by atoms with E-state index in [1.54, 1.807) is 0 Å². The fraction of sp³-hybridized carbons (Fsp3) is 0.600. The molecule has 2 bridgehead atoms. The molecule has 3 aliphatic carbocycles. The number of halogens is 1. The number of carbonyl (C=O) groups excluding carboxylic acids is 1. The first kappa shape index (κ1) is 21.9. The average Bonchev–Trinajstić information content (AvgIpc) is 2.70. The molecule has 3 fully saturated rings. The Morgan fingerprint density at radius 2 is 1.72 bits per heavy atom. The molecule has 0 heterocycles. The third-order valence-electron chi connectivity index (χ3n) is 6.56. The van der Waals surface area contributed by atoms with Gasteiger partial charge in [-0.2, -0.15) is 0 Å². The summed E-state index contributed by atoms with van der Waals surface area (Å²) in [5.74, 6) is -1.13. The van der Waals surface area contributed by atoms with E-state index in [0.717, 1.165) is 38.5 Å². The van der Waals surface area contributed by atoms with E-state index in [4.69, 9.17) is 23.1 Å². The fourth-order valence-electron chi connectivity index (χ4n) is 4.61. The lowest BCUT2D eigenvalue weighted by Crippen LogP contribution is -2.46. The first-order chi connectivity index (χ1) is 13.7. The summed E-state index contributed by atoms with van der Waals surface area (Å²) in [6.07, 6.45) is 7.29. The van der Waals surface area contributed by atoms with Crippen LogP contribution in [0.5, 0.6) is 0 Å². The molecule has 7 nitrogen and oxygen atoms in total. The molecule has 9 heteroatoms. The predicted octanol–water partition coefficient (Wildman–Crippen LogP) is 1.43. The zero-order chi connectivity index (χ0) is 21.1. The monoisotopic (exact) mass is 420 g/mol. The highest BCUT2D eigenvalue weighted by Crippen LogP contribution is 2.56. The Labute approximate surface area is 177 Å². The molecule has 0 radical (unpaired) electrons. The Morgan fingerprint density at radius 3 is 2.24 bits per heavy atom. The summed E-state index contributed by atoms with van der Waals surface area (Å²) < 4.78 is 0.